The Bertz CT molecular complexity index is 382. The van der Waals surface area contributed by atoms with Crippen LogP contribution < -0.4 is 10.2 Å². The molecule has 3 nitrogen and oxygen atoms in total. The van der Waals surface area contributed by atoms with Crippen LogP contribution in [0.15, 0.2) is 6.20 Å². The first kappa shape index (κ1) is 15.1. The van der Waals surface area contributed by atoms with E-state index < -0.39 is 0 Å². The van der Waals surface area contributed by atoms with Gasteiger partial charge in [-0.2, -0.15) is 11.8 Å². The molecule has 1 aliphatic heterocycles. The zero-order valence-electron chi connectivity index (χ0n) is 12.3. The van der Waals surface area contributed by atoms with Crippen molar-refractivity contribution < 1.29 is 0 Å². The van der Waals surface area contributed by atoms with Gasteiger partial charge in [-0.3, -0.25) is 0 Å². The number of aromatic nitrogens is 1. The van der Waals surface area contributed by atoms with E-state index in [1.807, 2.05) is 17.5 Å². The summed E-state index contributed by atoms with van der Waals surface area (Å²) in [5.41, 5.74) is 0. The highest BCUT2D eigenvalue weighted by Gasteiger charge is 2.24. The molecule has 1 N–H and O–H groups in total. The first-order chi connectivity index (χ1) is 9.04. The van der Waals surface area contributed by atoms with Crippen LogP contribution in [0.5, 0.6) is 0 Å². The summed E-state index contributed by atoms with van der Waals surface area (Å²) in [5.74, 6) is 0.702. The highest BCUT2D eigenvalue weighted by Crippen LogP contribution is 2.30. The molecule has 0 radical (unpaired) electrons. The minimum atomic E-state index is 0.702. The average molecular weight is 300 g/mol. The van der Waals surface area contributed by atoms with Gasteiger partial charge in [0.2, 0.25) is 0 Å². The molecule has 5 heteroatoms. The van der Waals surface area contributed by atoms with Crippen LogP contribution in [0.25, 0.3) is 0 Å². The first-order valence-corrected chi connectivity index (χ1v) is 8.86. The van der Waals surface area contributed by atoms with Crippen LogP contribution in [-0.4, -0.2) is 35.1 Å². The van der Waals surface area contributed by atoms with Gasteiger partial charge >= 0.3 is 0 Å². The summed E-state index contributed by atoms with van der Waals surface area (Å²) in [5, 5.41) is 6.09. The molecule has 0 saturated carbocycles. The molecule has 0 aromatic carbocycles. The smallest absolute Gasteiger partial charge is 0.185 e. The van der Waals surface area contributed by atoms with Gasteiger partial charge in [-0.15, -0.1) is 11.3 Å². The first-order valence-electron chi connectivity index (χ1n) is 7.10. The molecule has 1 saturated heterocycles. The molecule has 2 atom stereocenters. The van der Waals surface area contributed by atoms with E-state index in [0.717, 1.165) is 26.2 Å². The number of rotatable bonds is 5. The van der Waals surface area contributed by atoms with Gasteiger partial charge in [-0.1, -0.05) is 27.7 Å². The summed E-state index contributed by atoms with van der Waals surface area (Å²) < 4.78 is 0. The molecule has 1 aliphatic rings. The van der Waals surface area contributed by atoms with Gasteiger partial charge in [0.05, 0.1) is 0 Å². The summed E-state index contributed by atoms with van der Waals surface area (Å²) in [6, 6.07) is 0. The van der Waals surface area contributed by atoms with Crippen LogP contribution in [0.3, 0.4) is 0 Å². The molecule has 1 fully saturated rings. The third-order valence-electron chi connectivity index (χ3n) is 3.08. The Morgan fingerprint density at radius 2 is 2.05 bits per heavy atom. The average Bonchev–Trinajstić information content (AvgIpc) is 2.76. The van der Waals surface area contributed by atoms with Gasteiger partial charge in [-0.25, -0.2) is 4.98 Å². The number of nitrogens with one attached hydrogen (secondary N) is 1. The largest absolute Gasteiger partial charge is 0.346 e. The molecule has 1 aromatic heterocycles. The molecule has 0 aliphatic carbocycles. The Morgan fingerprint density at radius 1 is 1.37 bits per heavy atom. The number of hydrogen-bond acceptors (Lipinski definition) is 5. The van der Waals surface area contributed by atoms with Crippen LogP contribution in [0, 0.1) is 5.92 Å². The Hall–Kier alpha value is -0.260. The van der Waals surface area contributed by atoms with Crippen molar-refractivity contribution in [2.24, 2.45) is 5.92 Å². The molecule has 1 aromatic rings. The van der Waals surface area contributed by atoms with Gasteiger partial charge < -0.3 is 10.2 Å². The van der Waals surface area contributed by atoms with Gasteiger partial charge in [0, 0.05) is 41.2 Å². The molecule has 2 heterocycles. The summed E-state index contributed by atoms with van der Waals surface area (Å²) >= 11 is 3.92. The van der Waals surface area contributed by atoms with Crippen molar-refractivity contribution >= 4 is 28.2 Å². The van der Waals surface area contributed by atoms with Crippen molar-refractivity contribution in [3.8, 4) is 0 Å². The molecule has 108 valence electrons. The highest BCUT2D eigenvalue weighted by molar-refractivity contribution is 8.00. The Morgan fingerprint density at radius 3 is 2.68 bits per heavy atom. The zero-order valence-corrected chi connectivity index (χ0v) is 14.0. The monoisotopic (exact) mass is 299 g/mol. The van der Waals surface area contributed by atoms with Crippen molar-refractivity contribution in [3.63, 3.8) is 0 Å². The molecule has 0 bridgehead atoms. The van der Waals surface area contributed by atoms with Gasteiger partial charge in [-0.05, 0) is 12.5 Å². The van der Waals surface area contributed by atoms with Crippen LogP contribution in [-0.2, 0) is 6.54 Å². The predicted molar refractivity (Wildman–Crippen MR) is 87.4 cm³/mol. The lowest BCUT2D eigenvalue weighted by molar-refractivity contribution is 0.554. The lowest BCUT2D eigenvalue weighted by atomic mass is 10.2. The Labute approximate surface area is 125 Å². The third-order valence-corrected chi connectivity index (χ3v) is 5.37. The number of nitrogens with zero attached hydrogens (tertiary/aromatic N) is 2. The summed E-state index contributed by atoms with van der Waals surface area (Å²) in [7, 11) is 0. The van der Waals surface area contributed by atoms with E-state index in [1.54, 1.807) is 0 Å². The maximum atomic E-state index is 4.60. The van der Waals surface area contributed by atoms with E-state index >= 15 is 0 Å². The second kappa shape index (κ2) is 6.95. The van der Waals surface area contributed by atoms with Crippen LogP contribution in [0.1, 0.15) is 32.6 Å². The van der Waals surface area contributed by atoms with Gasteiger partial charge in [0.25, 0.3) is 0 Å². The maximum Gasteiger partial charge on any atom is 0.185 e. The molecule has 0 amide bonds. The second-order valence-corrected chi connectivity index (χ2v) is 8.77. The second-order valence-electron chi connectivity index (χ2n) is 5.80. The molecule has 2 rings (SSSR count). The minimum absolute atomic E-state index is 0.702. The van der Waals surface area contributed by atoms with Crippen molar-refractivity contribution in [3.05, 3.63) is 11.1 Å². The Balaban J connectivity index is 1.89. The lowest BCUT2D eigenvalue weighted by Gasteiger charge is -2.34. The fourth-order valence-corrected chi connectivity index (χ4v) is 4.57. The fourth-order valence-electron chi connectivity index (χ4n) is 2.34. The van der Waals surface area contributed by atoms with E-state index in [0.29, 0.717) is 16.4 Å². The van der Waals surface area contributed by atoms with Crippen molar-refractivity contribution in [1.29, 1.82) is 0 Å². The minimum Gasteiger partial charge on any atom is -0.346 e. The topological polar surface area (TPSA) is 28.2 Å². The number of anilines is 1. The quantitative estimate of drug-likeness (QED) is 0.903. The normalized spacial score (nSPS) is 24.2. The predicted octanol–water partition coefficient (Wildman–Crippen LogP) is 3.22. The van der Waals surface area contributed by atoms with Crippen molar-refractivity contribution in [1.82, 2.24) is 10.3 Å². The molecular weight excluding hydrogens is 274 g/mol. The summed E-state index contributed by atoms with van der Waals surface area (Å²) in [4.78, 5) is 8.39. The van der Waals surface area contributed by atoms with E-state index in [-0.39, 0.29) is 0 Å². The van der Waals surface area contributed by atoms with Gasteiger partial charge in [0.1, 0.15) is 0 Å². The number of thiazole rings is 1. The third kappa shape index (κ3) is 4.65. The van der Waals surface area contributed by atoms with E-state index in [1.165, 1.54) is 10.0 Å². The highest BCUT2D eigenvalue weighted by atomic mass is 32.2. The Kier molecular flexibility index (Phi) is 5.54. The zero-order chi connectivity index (χ0) is 13.8. The molecular formula is C14H25N3S2. The molecule has 19 heavy (non-hydrogen) atoms. The van der Waals surface area contributed by atoms with Crippen molar-refractivity contribution in [2.45, 2.75) is 44.7 Å². The molecule has 0 spiro atoms. The maximum absolute atomic E-state index is 4.60. The van der Waals surface area contributed by atoms with Gasteiger partial charge in [0.15, 0.2) is 5.13 Å². The van der Waals surface area contributed by atoms with E-state index in [9.17, 15) is 0 Å². The fraction of sp³-hybridized carbons (Fsp3) is 0.786. The van der Waals surface area contributed by atoms with E-state index in [4.69, 9.17) is 0 Å². The lowest BCUT2D eigenvalue weighted by Crippen LogP contribution is -2.40. The summed E-state index contributed by atoms with van der Waals surface area (Å²) in [6.45, 7) is 13.4. The standard InChI is InChI=1S/C14H25N3S2/c1-10(2)5-15-6-13-7-16-14(19-13)17-8-11(3)18-12(4)9-17/h7,10-12,15H,5-6,8-9H2,1-4H3. The van der Waals surface area contributed by atoms with Crippen LogP contribution in [0.2, 0.25) is 0 Å². The van der Waals surface area contributed by atoms with Crippen LogP contribution in [0.4, 0.5) is 5.13 Å². The van der Waals surface area contributed by atoms with E-state index in [2.05, 4.69) is 54.7 Å². The number of hydrogen-bond donors (Lipinski definition) is 1. The molecule has 2 unspecified atom stereocenters. The van der Waals surface area contributed by atoms with Crippen LogP contribution >= 0.6 is 23.1 Å². The number of thioether (sulfide) groups is 1. The summed E-state index contributed by atoms with van der Waals surface area (Å²) in [6.07, 6.45) is 2.03. The van der Waals surface area contributed by atoms with Crippen molar-refractivity contribution in [2.75, 3.05) is 24.5 Å². The SMILES string of the molecule is CC(C)CNCc1cnc(N2CC(C)SC(C)C2)s1.